The lowest BCUT2D eigenvalue weighted by atomic mass is 9.89. The van der Waals surface area contributed by atoms with Gasteiger partial charge in [0.2, 0.25) is 0 Å². The molecule has 0 aliphatic carbocycles. The molecule has 5 aromatic rings. The maximum absolute atomic E-state index is 15.5. The zero-order chi connectivity index (χ0) is 31.9. The number of nitrogens with zero attached hydrogens (tertiary/aromatic N) is 1. The molecule has 2 N–H and O–H groups in total. The van der Waals surface area contributed by atoms with Gasteiger partial charge in [-0.2, -0.15) is 11.8 Å². The van der Waals surface area contributed by atoms with Gasteiger partial charge in [0, 0.05) is 53.0 Å². The van der Waals surface area contributed by atoms with Crippen LogP contribution in [0.2, 0.25) is 0 Å². The summed E-state index contributed by atoms with van der Waals surface area (Å²) in [5.41, 5.74) is 4.87. The first-order valence-corrected chi connectivity index (χ1v) is 17.3. The third-order valence-corrected chi connectivity index (χ3v) is 9.62. The van der Waals surface area contributed by atoms with Gasteiger partial charge in [-0.1, -0.05) is 43.5 Å². The number of hydrogen-bond acceptors (Lipinski definition) is 5. The molecule has 240 valence electrons. The lowest BCUT2D eigenvalue weighted by molar-refractivity contribution is -0.143. The first kappa shape index (κ1) is 31.9. The fourth-order valence-electron chi connectivity index (χ4n) is 6.23. The average molecular weight is 644 g/mol. The van der Waals surface area contributed by atoms with Gasteiger partial charge in [0.25, 0.3) is 0 Å². The standard InChI is InChI=1S/C37H39F2N3O3S/c1-2-44-35(43)14-11-24-8-7-9-25(20-24)27-10-5-3-4-6-18-46-19-16-29-28-15-17-40-33(28)22-32(39)36(29)45-26-12-13-31(38)30(21-26)37-41-23-34(27)42-37/h7-9,12-13,15,17,20-23,27,40H,2-6,10-11,14,16,18-19H2,1H3,(H,41,42). The largest absolute Gasteiger partial charge is 0.466 e. The number of halogens is 2. The van der Waals surface area contributed by atoms with Crippen LogP contribution in [-0.4, -0.2) is 39.0 Å². The van der Waals surface area contributed by atoms with Crippen molar-refractivity contribution in [1.82, 2.24) is 15.0 Å². The highest BCUT2D eigenvalue weighted by molar-refractivity contribution is 7.99. The van der Waals surface area contributed by atoms with E-state index in [2.05, 4.69) is 27.1 Å². The number of imidazole rings is 1. The molecule has 0 spiro atoms. The van der Waals surface area contributed by atoms with Crippen LogP contribution in [0.25, 0.3) is 22.3 Å². The molecule has 2 aromatic heterocycles. The zero-order valence-corrected chi connectivity index (χ0v) is 26.9. The molecule has 9 heteroatoms. The highest BCUT2D eigenvalue weighted by atomic mass is 32.2. The Balaban J connectivity index is 1.33. The minimum absolute atomic E-state index is 0.0208. The van der Waals surface area contributed by atoms with E-state index in [9.17, 15) is 4.79 Å². The summed E-state index contributed by atoms with van der Waals surface area (Å²) in [6, 6.07) is 16.2. The minimum Gasteiger partial charge on any atom is -0.466 e. The van der Waals surface area contributed by atoms with Crippen LogP contribution in [0.4, 0.5) is 8.78 Å². The summed E-state index contributed by atoms with van der Waals surface area (Å²) in [5.74, 6) is 1.69. The second-order valence-electron chi connectivity index (χ2n) is 11.7. The second-order valence-corrected chi connectivity index (χ2v) is 12.9. The first-order chi connectivity index (χ1) is 22.5. The van der Waals surface area contributed by atoms with Crippen LogP contribution < -0.4 is 4.74 Å². The second kappa shape index (κ2) is 15.0. The van der Waals surface area contributed by atoms with E-state index < -0.39 is 11.6 Å². The van der Waals surface area contributed by atoms with Crippen LogP contribution in [0.15, 0.2) is 67.0 Å². The molecule has 6 nitrogen and oxygen atoms in total. The molecule has 6 rings (SSSR count). The fraction of sp³-hybridized carbons (Fsp3) is 0.351. The number of nitrogens with one attached hydrogen (secondary N) is 2. The van der Waals surface area contributed by atoms with E-state index in [4.69, 9.17) is 9.47 Å². The van der Waals surface area contributed by atoms with E-state index in [-0.39, 0.29) is 23.2 Å². The van der Waals surface area contributed by atoms with Crippen LogP contribution in [0.5, 0.6) is 11.5 Å². The van der Waals surface area contributed by atoms with E-state index in [0.717, 1.165) is 76.9 Å². The average Bonchev–Trinajstić information content (AvgIpc) is 3.73. The number of fused-ring (bicyclic) bond motifs is 8. The van der Waals surface area contributed by atoms with E-state index in [0.29, 0.717) is 37.4 Å². The molecular formula is C37H39F2N3O3S. The number of aromatic nitrogens is 3. The zero-order valence-electron chi connectivity index (χ0n) is 26.0. The number of rotatable bonds is 5. The molecule has 1 atom stereocenters. The van der Waals surface area contributed by atoms with Crippen molar-refractivity contribution in [2.24, 2.45) is 0 Å². The molecule has 3 heterocycles. The molecular weight excluding hydrogens is 604 g/mol. The van der Waals surface area contributed by atoms with Crippen molar-refractivity contribution < 1.29 is 23.0 Å². The van der Waals surface area contributed by atoms with Crippen molar-refractivity contribution in [3.05, 3.63) is 101 Å². The van der Waals surface area contributed by atoms with Crippen molar-refractivity contribution in [2.45, 2.75) is 64.2 Å². The third kappa shape index (κ3) is 7.47. The quantitative estimate of drug-likeness (QED) is 0.187. The summed E-state index contributed by atoms with van der Waals surface area (Å²) in [5, 5.41) is 0.928. The number of benzene rings is 3. The van der Waals surface area contributed by atoms with E-state index >= 15 is 8.78 Å². The highest BCUT2D eigenvalue weighted by Gasteiger charge is 2.21. The Morgan fingerprint density at radius 2 is 1.93 bits per heavy atom. The molecule has 0 saturated carbocycles. The molecule has 4 bridgehead atoms. The van der Waals surface area contributed by atoms with Gasteiger partial charge in [-0.05, 0) is 79.5 Å². The number of thioether (sulfide) groups is 1. The summed E-state index contributed by atoms with van der Waals surface area (Å²) in [4.78, 5) is 23.1. The Bertz CT molecular complexity index is 1800. The number of H-pyrrole nitrogens is 2. The maximum Gasteiger partial charge on any atom is 0.306 e. The SMILES string of the molecule is CCOC(=O)CCc1cccc(C2CCCCCCSCCc3c(c(F)cc4[nH]ccc34)Oc3ccc(F)c(c3)-c3ncc2[nH]3)c1. The Morgan fingerprint density at radius 3 is 2.83 bits per heavy atom. The molecule has 1 unspecified atom stereocenters. The summed E-state index contributed by atoms with van der Waals surface area (Å²) >= 11 is 1.88. The Hall–Kier alpha value is -4.11. The summed E-state index contributed by atoms with van der Waals surface area (Å²) in [6.45, 7) is 2.18. The maximum atomic E-state index is 15.5. The van der Waals surface area contributed by atoms with Gasteiger partial charge in [0.1, 0.15) is 17.4 Å². The number of aryl methyl sites for hydroxylation is 2. The Labute approximate surface area is 272 Å². The molecule has 3 aromatic carbocycles. The normalized spacial score (nSPS) is 16.1. The van der Waals surface area contributed by atoms with Gasteiger partial charge < -0.3 is 19.4 Å². The lowest BCUT2D eigenvalue weighted by Gasteiger charge is -2.17. The van der Waals surface area contributed by atoms with E-state index in [1.54, 1.807) is 12.3 Å². The van der Waals surface area contributed by atoms with Crippen LogP contribution in [0.3, 0.4) is 0 Å². The van der Waals surface area contributed by atoms with Crippen LogP contribution in [0, 0.1) is 11.6 Å². The van der Waals surface area contributed by atoms with Gasteiger partial charge in [0.05, 0.1) is 12.2 Å². The van der Waals surface area contributed by atoms with Gasteiger partial charge >= 0.3 is 5.97 Å². The van der Waals surface area contributed by atoms with Crippen LogP contribution >= 0.6 is 11.8 Å². The van der Waals surface area contributed by atoms with Gasteiger partial charge in [-0.3, -0.25) is 4.79 Å². The molecule has 0 amide bonds. The number of esters is 1. The Kier molecular flexibility index (Phi) is 10.4. The molecule has 1 aliphatic rings. The molecule has 46 heavy (non-hydrogen) atoms. The minimum atomic E-state index is -0.459. The van der Waals surface area contributed by atoms with Crippen molar-refractivity contribution in [3.8, 4) is 22.9 Å². The number of ether oxygens (including phenoxy) is 2. The van der Waals surface area contributed by atoms with E-state index in [1.807, 2.05) is 43.1 Å². The van der Waals surface area contributed by atoms with Gasteiger partial charge in [-0.15, -0.1) is 0 Å². The van der Waals surface area contributed by atoms with Crippen molar-refractivity contribution in [2.75, 3.05) is 18.1 Å². The van der Waals surface area contributed by atoms with Gasteiger partial charge in [0.15, 0.2) is 11.6 Å². The number of carbonyl (C=O) groups is 1. The lowest BCUT2D eigenvalue weighted by Crippen LogP contribution is -2.06. The molecule has 0 saturated heterocycles. The molecule has 1 aliphatic heterocycles. The Morgan fingerprint density at radius 1 is 1.04 bits per heavy atom. The van der Waals surface area contributed by atoms with E-state index in [1.165, 1.54) is 18.2 Å². The fourth-order valence-corrected chi connectivity index (χ4v) is 7.19. The van der Waals surface area contributed by atoms with Crippen molar-refractivity contribution in [3.63, 3.8) is 0 Å². The van der Waals surface area contributed by atoms with Crippen LogP contribution in [0.1, 0.15) is 73.8 Å². The molecule has 0 radical (unpaired) electrons. The van der Waals surface area contributed by atoms with Crippen molar-refractivity contribution in [1.29, 1.82) is 0 Å². The smallest absolute Gasteiger partial charge is 0.306 e. The predicted octanol–water partition coefficient (Wildman–Crippen LogP) is 9.50. The topological polar surface area (TPSA) is 80.0 Å². The summed E-state index contributed by atoms with van der Waals surface area (Å²) in [7, 11) is 0. The summed E-state index contributed by atoms with van der Waals surface area (Å²) < 4.78 is 42.1. The van der Waals surface area contributed by atoms with Crippen molar-refractivity contribution >= 4 is 28.6 Å². The number of carbonyl (C=O) groups excluding carboxylic acids is 1. The molecule has 0 fully saturated rings. The highest BCUT2D eigenvalue weighted by Crippen LogP contribution is 2.38. The summed E-state index contributed by atoms with van der Waals surface area (Å²) in [6.07, 6.45) is 10.5. The monoisotopic (exact) mass is 643 g/mol. The first-order valence-electron chi connectivity index (χ1n) is 16.1. The number of hydrogen-bond donors (Lipinski definition) is 2. The predicted molar refractivity (Wildman–Crippen MR) is 180 cm³/mol. The van der Waals surface area contributed by atoms with Crippen LogP contribution in [-0.2, 0) is 22.4 Å². The number of aromatic amines is 2. The third-order valence-electron chi connectivity index (χ3n) is 8.55. The van der Waals surface area contributed by atoms with Gasteiger partial charge in [-0.25, -0.2) is 13.8 Å².